The summed E-state index contributed by atoms with van der Waals surface area (Å²) in [6.45, 7) is 0. The number of amides is 1. The Morgan fingerprint density at radius 1 is 1.37 bits per heavy atom. The van der Waals surface area contributed by atoms with Crippen molar-refractivity contribution in [3.8, 4) is 6.07 Å². The van der Waals surface area contributed by atoms with Crippen molar-refractivity contribution >= 4 is 39.1 Å². The maximum atomic E-state index is 12.0. The quantitative estimate of drug-likeness (QED) is 0.911. The van der Waals surface area contributed by atoms with E-state index < -0.39 is 0 Å². The molecule has 1 aromatic carbocycles. The zero-order valence-corrected chi connectivity index (χ0v) is 11.9. The molecule has 0 fully saturated rings. The Kier molecular flexibility index (Phi) is 4.15. The van der Waals surface area contributed by atoms with Crippen molar-refractivity contribution in [1.82, 2.24) is 4.98 Å². The SMILES string of the molecule is N#Cc1ccc(Cl)cc1NC(=O)c1cncc(Br)c1. The molecule has 2 aromatic rings. The molecule has 1 heterocycles. The number of rotatable bonds is 2. The fourth-order valence-electron chi connectivity index (χ4n) is 1.45. The zero-order chi connectivity index (χ0) is 13.8. The van der Waals surface area contributed by atoms with E-state index in [9.17, 15) is 4.79 Å². The van der Waals surface area contributed by atoms with Gasteiger partial charge in [-0.2, -0.15) is 5.26 Å². The van der Waals surface area contributed by atoms with Crippen LogP contribution < -0.4 is 5.32 Å². The highest BCUT2D eigenvalue weighted by molar-refractivity contribution is 9.10. The molecule has 1 aromatic heterocycles. The van der Waals surface area contributed by atoms with Gasteiger partial charge in [0.2, 0.25) is 0 Å². The summed E-state index contributed by atoms with van der Waals surface area (Å²) >= 11 is 9.09. The smallest absolute Gasteiger partial charge is 0.257 e. The number of carbonyl (C=O) groups is 1. The van der Waals surface area contributed by atoms with E-state index >= 15 is 0 Å². The number of nitrogens with zero attached hydrogens (tertiary/aromatic N) is 2. The number of halogens is 2. The van der Waals surface area contributed by atoms with Crippen LogP contribution in [0.2, 0.25) is 5.02 Å². The van der Waals surface area contributed by atoms with Crippen LogP contribution in [0.25, 0.3) is 0 Å². The van der Waals surface area contributed by atoms with Gasteiger partial charge in [0.1, 0.15) is 6.07 Å². The molecule has 0 saturated carbocycles. The Bertz CT molecular complexity index is 682. The fraction of sp³-hybridized carbons (Fsp3) is 0. The van der Waals surface area contributed by atoms with Gasteiger partial charge >= 0.3 is 0 Å². The fourth-order valence-corrected chi connectivity index (χ4v) is 1.98. The summed E-state index contributed by atoms with van der Waals surface area (Å²) in [5.74, 6) is -0.354. The number of pyridine rings is 1. The molecule has 0 aliphatic rings. The molecule has 0 saturated heterocycles. The summed E-state index contributed by atoms with van der Waals surface area (Å²) in [5, 5.41) is 12.1. The number of benzene rings is 1. The summed E-state index contributed by atoms with van der Waals surface area (Å²) in [4.78, 5) is 15.9. The second kappa shape index (κ2) is 5.83. The number of hydrogen-bond donors (Lipinski definition) is 1. The van der Waals surface area contributed by atoms with E-state index in [1.165, 1.54) is 12.3 Å². The van der Waals surface area contributed by atoms with E-state index in [0.717, 1.165) is 0 Å². The molecular weight excluding hydrogens is 330 g/mol. The van der Waals surface area contributed by atoms with Gasteiger partial charge in [0, 0.05) is 21.9 Å². The number of hydrogen-bond acceptors (Lipinski definition) is 3. The van der Waals surface area contributed by atoms with Crippen molar-refractivity contribution in [2.45, 2.75) is 0 Å². The molecule has 94 valence electrons. The lowest BCUT2D eigenvalue weighted by atomic mass is 10.2. The normalized spacial score (nSPS) is 9.74. The maximum Gasteiger partial charge on any atom is 0.257 e. The molecule has 0 spiro atoms. The molecule has 0 aliphatic carbocycles. The minimum Gasteiger partial charge on any atom is -0.321 e. The average Bonchev–Trinajstić information content (AvgIpc) is 2.39. The van der Waals surface area contributed by atoms with E-state index in [1.807, 2.05) is 6.07 Å². The van der Waals surface area contributed by atoms with Gasteiger partial charge in [-0.3, -0.25) is 9.78 Å². The van der Waals surface area contributed by atoms with Crippen LogP contribution in [0.4, 0.5) is 5.69 Å². The number of nitriles is 1. The van der Waals surface area contributed by atoms with Gasteiger partial charge in [-0.15, -0.1) is 0 Å². The van der Waals surface area contributed by atoms with Gasteiger partial charge < -0.3 is 5.32 Å². The van der Waals surface area contributed by atoms with Crippen molar-refractivity contribution in [2.24, 2.45) is 0 Å². The lowest BCUT2D eigenvalue weighted by molar-refractivity contribution is 0.102. The summed E-state index contributed by atoms with van der Waals surface area (Å²) in [7, 11) is 0. The molecule has 0 unspecified atom stereocenters. The molecule has 6 heteroatoms. The van der Waals surface area contributed by atoms with E-state index in [1.54, 1.807) is 24.4 Å². The first-order valence-electron chi connectivity index (χ1n) is 5.21. The standard InChI is InChI=1S/C13H7BrClN3O/c14-10-3-9(6-17-7-10)13(19)18-12-4-11(15)2-1-8(12)5-16/h1-4,6-7H,(H,18,19). The summed E-state index contributed by atoms with van der Waals surface area (Å²) < 4.78 is 0.701. The van der Waals surface area contributed by atoms with E-state index in [2.05, 4.69) is 26.2 Å². The molecular formula is C13H7BrClN3O. The highest BCUT2D eigenvalue weighted by Crippen LogP contribution is 2.21. The Morgan fingerprint density at radius 3 is 2.84 bits per heavy atom. The van der Waals surface area contributed by atoms with Crippen LogP contribution in [0, 0.1) is 11.3 Å². The molecule has 0 radical (unpaired) electrons. The van der Waals surface area contributed by atoms with Crippen molar-refractivity contribution in [3.05, 3.63) is 57.3 Å². The predicted molar refractivity (Wildman–Crippen MR) is 76.1 cm³/mol. The monoisotopic (exact) mass is 335 g/mol. The molecule has 0 atom stereocenters. The van der Waals surface area contributed by atoms with Gasteiger partial charge in [0.15, 0.2) is 0 Å². The highest BCUT2D eigenvalue weighted by atomic mass is 79.9. The first-order chi connectivity index (χ1) is 9.10. The van der Waals surface area contributed by atoms with Gasteiger partial charge in [0.05, 0.1) is 16.8 Å². The van der Waals surface area contributed by atoms with Crippen molar-refractivity contribution in [2.75, 3.05) is 5.32 Å². The van der Waals surface area contributed by atoms with Crippen LogP contribution in [0.15, 0.2) is 41.1 Å². The molecule has 4 nitrogen and oxygen atoms in total. The predicted octanol–water partition coefficient (Wildman–Crippen LogP) is 3.62. The van der Waals surface area contributed by atoms with Gasteiger partial charge in [-0.1, -0.05) is 11.6 Å². The van der Waals surface area contributed by atoms with Crippen LogP contribution in [0.1, 0.15) is 15.9 Å². The molecule has 1 N–H and O–H groups in total. The van der Waals surface area contributed by atoms with Crippen molar-refractivity contribution in [1.29, 1.82) is 5.26 Å². The molecule has 2 rings (SSSR count). The number of carbonyl (C=O) groups excluding carboxylic acids is 1. The highest BCUT2D eigenvalue weighted by Gasteiger charge is 2.10. The first kappa shape index (κ1) is 13.5. The number of nitrogens with one attached hydrogen (secondary N) is 1. The van der Waals surface area contributed by atoms with Crippen molar-refractivity contribution < 1.29 is 4.79 Å². The third-order valence-corrected chi connectivity index (χ3v) is 2.99. The molecule has 19 heavy (non-hydrogen) atoms. The van der Waals surface area contributed by atoms with Gasteiger partial charge in [-0.05, 0) is 40.2 Å². The molecule has 0 bridgehead atoms. The topological polar surface area (TPSA) is 65.8 Å². The van der Waals surface area contributed by atoms with Crippen LogP contribution in [-0.2, 0) is 0 Å². The van der Waals surface area contributed by atoms with Crippen LogP contribution >= 0.6 is 27.5 Å². The number of aromatic nitrogens is 1. The Morgan fingerprint density at radius 2 is 2.16 bits per heavy atom. The largest absolute Gasteiger partial charge is 0.321 e. The van der Waals surface area contributed by atoms with Gasteiger partial charge in [0.25, 0.3) is 5.91 Å². The van der Waals surface area contributed by atoms with E-state index in [4.69, 9.17) is 16.9 Å². The minimum atomic E-state index is -0.354. The van der Waals surface area contributed by atoms with Gasteiger partial charge in [-0.25, -0.2) is 0 Å². The number of anilines is 1. The Hall–Kier alpha value is -1.90. The molecule has 1 amide bonds. The van der Waals surface area contributed by atoms with Crippen molar-refractivity contribution in [3.63, 3.8) is 0 Å². The second-order valence-corrected chi connectivity index (χ2v) is 5.00. The lowest BCUT2D eigenvalue weighted by Gasteiger charge is -2.07. The summed E-state index contributed by atoms with van der Waals surface area (Å²) in [5.41, 5.74) is 1.11. The minimum absolute atomic E-state index is 0.348. The van der Waals surface area contributed by atoms with Crippen LogP contribution in [-0.4, -0.2) is 10.9 Å². The van der Waals surface area contributed by atoms with E-state index in [-0.39, 0.29) is 5.91 Å². The maximum absolute atomic E-state index is 12.0. The zero-order valence-electron chi connectivity index (χ0n) is 9.52. The summed E-state index contributed by atoms with van der Waals surface area (Å²) in [6, 6.07) is 8.31. The van der Waals surface area contributed by atoms with Crippen LogP contribution in [0.3, 0.4) is 0 Å². The molecule has 0 aliphatic heterocycles. The first-order valence-corrected chi connectivity index (χ1v) is 6.39. The van der Waals surface area contributed by atoms with Crippen LogP contribution in [0.5, 0.6) is 0 Å². The lowest BCUT2D eigenvalue weighted by Crippen LogP contribution is -2.13. The average molecular weight is 337 g/mol. The van der Waals surface area contributed by atoms with E-state index in [0.29, 0.717) is 26.3 Å². The third-order valence-electron chi connectivity index (χ3n) is 2.32. The Balaban J connectivity index is 2.29. The second-order valence-electron chi connectivity index (χ2n) is 3.65. The summed E-state index contributed by atoms with van der Waals surface area (Å²) in [6.07, 6.45) is 3.02. The third kappa shape index (κ3) is 3.31. The Labute approximate surface area is 123 Å².